The number of fused-ring (bicyclic) bond motifs is 1. The smallest absolute Gasteiger partial charge is 0.410 e. The number of rotatable bonds is 10. The van der Waals surface area contributed by atoms with Crippen molar-refractivity contribution in [3.05, 3.63) is 65.2 Å². The van der Waals surface area contributed by atoms with Gasteiger partial charge >= 0.3 is 12.2 Å². The molecule has 1 saturated heterocycles. The van der Waals surface area contributed by atoms with Gasteiger partial charge in [0.05, 0.1) is 11.5 Å². The Hall–Kier alpha value is -4.08. The van der Waals surface area contributed by atoms with E-state index in [1.807, 2.05) is 102 Å². The molecule has 0 radical (unpaired) electrons. The third-order valence-electron chi connectivity index (χ3n) is 8.96. The number of carbonyl (C=O) groups excluding carboxylic acids is 4. The molecule has 10 nitrogen and oxygen atoms in total. The molecule has 1 fully saturated rings. The number of ether oxygens (including phenoxy) is 2. The Morgan fingerprint density at radius 2 is 1.76 bits per heavy atom. The third kappa shape index (κ3) is 7.65. The second-order valence-electron chi connectivity index (χ2n) is 13.5. The molecular weight excluding hydrogens is 584 g/mol. The quantitative estimate of drug-likeness (QED) is 0.330. The molecule has 0 saturated carbocycles. The summed E-state index contributed by atoms with van der Waals surface area (Å²) in [5.74, 6) is -0.174. The zero-order valence-electron chi connectivity index (χ0n) is 28.4. The first kappa shape index (κ1) is 34.8. The van der Waals surface area contributed by atoms with Gasteiger partial charge in [0.15, 0.2) is 0 Å². The zero-order valence-corrected chi connectivity index (χ0v) is 28.4. The van der Waals surface area contributed by atoms with Gasteiger partial charge in [-0.25, -0.2) is 9.59 Å². The first-order chi connectivity index (χ1) is 21.8. The van der Waals surface area contributed by atoms with E-state index >= 15 is 0 Å². The zero-order chi connectivity index (χ0) is 33.6. The summed E-state index contributed by atoms with van der Waals surface area (Å²) in [5, 5.41) is 2.76. The Morgan fingerprint density at radius 1 is 1.07 bits per heavy atom. The number of alkyl carbamates (subject to hydrolysis) is 1. The number of hydrogen-bond acceptors (Lipinski definition) is 6. The van der Waals surface area contributed by atoms with E-state index in [1.54, 1.807) is 9.80 Å². The SMILES string of the molecule is CCC1(CC)C(=O)N(CCNC(=O)OCc2ccccc2)c2cc(C(=O)N(C(C)C)[C@@H]3CCCN(C(=O)OC(C)(C)C)C3)ccc21. The Bertz CT molecular complexity index is 1400. The van der Waals surface area contributed by atoms with Crippen LogP contribution in [0.4, 0.5) is 15.3 Å². The summed E-state index contributed by atoms with van der Waals surface area (Å²) in [6.45, 7) is 15.1. The van der Waals surface area contributed by atoms with Crippen LogP contribution in [0.25, 0.3) is 0 Å². The molecule has 0 aliphatic carbocycles. The van der Waals surface area contributed by atoms with Crippen LogP contribution in [0.1, 0.15) is 95.6 Å². The Balaban J connectivity index is 1.52. The molecule has 1 atom stereocenters. The van der Waals surface area contributed by atoms with Crippen LogP contribution in [0, 0.1) is 0 Å². The molecule has 2 aromatic carbocycles. The first-order valence-corrected chi connectivity index (χ1v) is 16.5. The third-order valence-corrected chi connectivity index (χ3v) is 8.96. The van der Waals surface area contributed by atoms with Crippen LogP contribution in [0.3, 0.4) is 0 Å². The lowest BCUT2D eigenvalue weighted by Gasteiger charge is -2.41. The highest BCUT2D eigenvalue weighted by molar-refractivity contribution is 6.09. The van der Waals surface area contributed by atoms with E-state index in [0.29, 0.717) is 37.2 Å². The maximum absolute atomic E-state index is 14.2. The molecule has 4 rings (SSSR count). The van der Waals surface area contributed by atoms with Gasteiger partial charge in [-0.2, -0.15) is 0 Å². The van der Waals surface area contributed by atoms with Crippen LogP contribution >= 0.6 is 0 Å². The number of hydrogen-bond donors (Lipinski definition) is 1. The van der Waals surface area contributed by atoms with E-state index in [4.69, 9.17) is 9.47 Å². The highest BCUT2D eigenvalue weighted by Crippen LogP contribution is 2.46. The number of likely N-dealkylation sites (tertiary alicyclic amines) is 1. The molecule has 2 aliphatic rings. The van der Waals surface area contributed by atoms with Crippen LogP contribution < -0.4 is 10.2 Å². The minimum atomic E-state index is -0.695. The molecule has 2 aliphatic heterocycles. The molecule has 2 aromatic rings. The Morgan fingerprint density at radius 3 is 2.39 bits per heavy atom. The number of nitrogens with one attached hydrogen (secondary N) is 1. The first-order valence-electron chi connectivity index (χ1n) is 16.5. The van der Waals surface area contributed by atoms with Crippen molar-refractivity contribution in [3.63, 3.8) is 0 Å². The molecule has 10 heteroatoms. The van der Waals surface area contributed by atoms with Gasteiger partial charge in [-0.05, 0) is 83.6 Å². The molecule has 0 aromatic heterocycles. The molecule has 1 N–H and O–H groups in total. The van der Waals surface area contributed by atoms with Crippen molar-refractivity contribution in [2.24, 2.45) is 0 Å². The van der Waals surface area contributed by atoms with Crippen molar-refractivity contribution in [3.8, 4) is 0 Å². The molecule has 4 amide bonds. The summed E-state index contributed by atoms with van der Waals surface area (Å²) in [5.41, 5.74) is 1.67. The van der Waals surface area contributed by atoms with E-state index in [1.165, 1.54) is 0 Å². The highest BCUT2D eigenvalue weighted by Gasteiger charge is 2.48. The number of piperidine rings is 1. The second-order valence-corrected chi connectivity index (χ2v) is 13.5. The summed E-state index contributed by atoms with van der Waals surface area (Å²) in [4.78, 5) is 58.6. The minimum absolute atomic E-state index is 0.0300. The molecule has 0 bridgehead atoms. The van der Waals surface area contributed by atoms with Gasteiger partial charge in [-0.15, -0.1) is 0 Å². The van der Waals surface area contributed by atoms with Crippen LogP contribution in [0.5, 0.6) is 0 Å². The lowest BCUT2D eigenvalue weighted by molar-refractivity contribution is -0.123. The van der Waals surface area contributed by atoms with Gasteiger partial charge in [-0.3, -0.25) is 9.59 Å². The maximum atomic E-state index is 14.2. The molecule has 46 heavy (non-hydrogen) atoms. The van der Waals surface area contributed by atoms with Gasteiger partial charge < -0.3 is 29.5 Å². The summed E-state index contributed by atoms with van der Waals surface area (Å²) in [6.07, 6.45) is 1.85. The second kappa shape index (κ2) is 14.6. The molecule has 2 heterocycles. The molecular formula is C36H50N4O6. The van der Waals surface area contributed by atoms with E-state index in [2.05, 4.69) is 5.32 Å². The predicted octanol–water partition coefficient (Wildman–Crippen LogP) is 6.27. The molecule has 250 valence electrons. The van der Waals surface area contributed by atoms with Crippen LogP contribution in [-0.4, -0.2) is 77.7 Å². The average molecular weight is 635 g/mol. The van der Waals surface area contributed by atoms with Crippen molar-refractivity contribution in [1.82, 2.24) is 15.1 Å². The van der Waals surface area contributed by atoms with Crippen LogP contribution in [0.2, 0.25) is 0 Å². The van der Waals surface area contributed by atoms with Gasteiger partial charge in [0.2, 0.25) is 5.91 Å². The normalized spacial score (nSPS) is 17.5. The number of nitrogens with zero attached hydrogens (tertiary/aromatic N) is 3. The summed E-state index contributed by atoms with van der Waals surface area (Å²) < 4.78 is 11.0. The molecule has 0 unspecified atom stereocenters. The lowest BCUT2D eigenvalue weighted by atomic mass is 9.77. The Kier molecular flexibility index (Phi) is 11.0. The fourth-order valence-electron chi connectivity index (χ4n) is 6.62. The van der Waals surface area contributed by atoms with E-state index in [0.717, 1.165) is 24.0 Å². The Labute approximate surface area is 273 Å². The number of carbonyl (C=O) groups is 4. The minimum Gasteiger partial charge on any atom is -0.445 e. The fraction of sp³-hybridized carbons (Fsp3) is 0.556. The van der Waals surface area contributed by atoms with Crippen molar-refractivity contribution in [2.75, 3.05) is 31.1 Å². The van der Waals surface area contributed by atoms with E-state index in [9.17, 15) is 19.2 Å². The summed E-state index contributed by atoms with van der Waals surface area (Å²) >= 11 is 0. The predicted molar refractivity (Wildman–Crippen MR) is 178 cm³/mol. The highest BCUT2D eigenvalue weighted by atomic mass is 16.6. The topological polar surface area (TPSA) is 108 Å². The number of benzene rings is 2. The average Bonchev–Trinajstić information content (AvgIpc) is 3.26. The fourth-order valence-corrected chi connectivity index (χ4v) is 6.62. The largest absolute Gasteiger partial charge is 0.445 e. The van der Waals surface area contributed by atoms with E-state index in [-0.39, 0.29) is 49.7 Å². The van der Waals surface area contributed by atoms with E-state index < -0.39 is 17.1 Å². The van der Waals surface area contributed by atoms with Gasteiger partial charge in [0, 0.05) is 43.5 Å². The maximum Gasteiger partial charge on any atom is 0.410 e. The number of anilines is 1. The van der Waals surface area contributed by atoms with Crippen LogP contribution in [0.15, 0.2) is 48.5 Å². The summed E-state index contributed by atoms with van der Waals surface area (Å²) in [7, 11) is 0. The van der Waals surface area contributed by atoms with Crippen molar-refractivity contribution < 1.29 is 28.7 Å². The van der Waals surface area contributed by atoms with Gasteiger partial charge in [-0.1, -0.05) is 50.2 Å². The monoisotopic (exact) mass is 634 g/mol. The standard InChI is InChI=1S/C36H50N4O6/c1-8-36(9-2)29-18-17-27(31(41)40(25(3)4)28-16-13-20-38(23-28)34(44)46-35(5,6)7)22-30(29)39(32(36)42)21-19-37-33(43)45-24-26-14-11-10-12-15-26/h10-12,14-15,17-18,22,25,28H,8-9,13,16,19-21,23-24H2,1-7H3,(H,37,43)/t28-/m1/s1. The van der Waals surface area contributed by atoms with Gasteiger partial charge in [0.1, 0.15) is 12.2 Å². The van der Waals surface area contributed by atoms with Crippen molar-refractivity contribution in [2.45, 2.75) is 104 Å². The molecule has 0 spiro atoms. The van der Waals surface area contributed by atoms with Crippen molar-refractivity contribution in [1.29, 1.82) is 0 Å². The lowest BCUT2D eigenvalue weighted by Crippen LogP contribution is -2.54. The number of amides is 4. The van der Waals surface area contributed by atoms with Gasteiger partial charge in [0.25, 0.3) is 5.91 Å². The summed E-state index contributed by atoms with van der Waals surface area (Å²) in [6, 6.07) is 14.7. The van der Waals surface area contributed by atoms with Crippen LogP contribution in [-0.2, 0) is 26.3 Å². The van der Waals surface area contributed by atoms with Crippen molar-refractivity contribution >= 4 is 29.7 Å².